The Hall–Kier alpha value is -3.87. The fourth-order valence-corrected chi connectivity index (χ4v) is 4.92. The number of aromatic carboxylic acids is 1. The summed E-state index contributed by atoms with van der Waals surface area (Å²) >= 11 is 0. The quantitative estimate of drug-likeness (QED) is 0.314. The van der Waals surface area contributed by atoms with Crippen LogP contribution in [0.15, 0.2) is 63.4 Å². The highest BCUT2D eigenvalue weighted by Gasteiger charge is 2.34. The van der Waals surface area contributed by atoms with Gasteiger partial charge in [-0.2, -0.15) is 0 Å². The summed E-state index contributed by atoms with van der Waals surface area (Å²) in [6.07, 6.45) is 3.64. The van der Waals surface area contributed by atoms with E-state index in [1.54, 1.807) is 0 Å². The molecule has 4 aromatic rings. The molecule has 0 unspecified atom stereocenters. The molecular weight excluding hydrogens is 456 g/mol. The molecule has 0 bridgehead atoms. The number of nitrogens with zero attached hydrogens (tertiary/aromatic N) is 2. The zero-order valence-corrected chi connectivity index (χ0v) is 20.7. The molecule has 1 aliphatic carbocycles. The highest BCUT2D eigenvalue weighted by Crippen LogP contribution is 2.37. The number of carbonyl (C=O) groups is 2. The van der Waals surface area contributed by atoms with Gasteiger partial charge in [-0.05, 0) is 69.7 Å². The average molecular weight is 487 g/mol. The number of carboxylic acid groups (broad SMARTS) is 1. The predicted octanol–water partition coefficient (Wildman–Crippen LogP) is 7.02. The van der Waals surface area contributed by atoms with Gasteiger partial charge in [0.25, 0.3) is 0 Å². The molecule has 2 aromatic carbocycles. The van der Waals surface area contributed by atoms with Gasteiger partial charge in [0.15, 0.2) is 5.58 Å². The van der Waals surface area contributed by atoms with Crippen LogP contribution in [-0.4, -0.2) is 28.0 Å². The molecule has 1 fully saturated rings. The first kappa shape index (κ1) is 23.9. The molecule has 36 heavy (non-hydrogen) atoms. The number of hydrogen-bond donors (Lipinski definition) is 1. The Balaban J connectivity index is 1.46. The van der Waals surface area contributed by atoms with Crippen molar-refractivity contribution in [2.45, 2.75) is 52.5 Å². The number of hydrogen-bond acceptors (Lipinski definition) is 5. The highest BCUT2D eigenvalue weighted by molar-refractivity contribution is 6.02. The van der Waals surface area contributed by atoms with Crippen LogP contribution in [0.1, 0.15) is 56.8 Å². The number of furan rings is 1. The molecule has 0 spiro atoms. The molecule has 0 radical (unpaired) electrons. The van der Waals surface area contributed by atoms with Crippen molar-refractivity contribution in [2.24, 2.45) is 11.8 Å². The molecule has 2 heterocycles. The van der Waals surface area contributed by atoms with E-state index in [4.69, 9.17) is 8.83 Å². The van der Waals surface area contributed by atoms with Crippen molar-refractivity contribution in [1.82, 2.24) is 4.98 Å². The maximum atomic E-state index is 13.5. The topological polar surface area (TPSA) is 96.8 Å². The van der Waals surface area contributed by atoms with E-state index in [9.17, 15) is 14.7 Å². The van der Waals surface area contributed by atoms with E-state index in [2.05, 4.69) is 11.9 Å². The van der Waals surface area contributed by atoms with Crippen molar-refractivity contribution in [3.05, 3.63) is 60.2 Å². The first-order valence-electron chi connectivity index (χ1n) is 12.5. The fourth-order valence-electron chi connectivity index (χ4n) is 4.92. The van der Waals surface area contributed by atoms with Crippen molar-refractivity contribution in [3.63, 3.8) is 0 Å². The van der Waals surface area contributed by atoms with Crippen LogP contribution in [0, 0.1) is 11.8 Å². The summed E-state index contributed by atoms with van der Waals surface area (Å²) < 4.78 is 11.9. The molecule has 5 rings (SSSR count). The minimum atomic E-state index is -1.13. The van der Waals surface area contributed by atoms with Crippen molar-refractivity contribution in [2.75, 3.05) is 4.90 Å². The second-order valence-corrected chi connectivity index (χ2v) is 9.96. The van der Waals surface area contributed by atoms with Crippen LogP contribution in [-0.2, 0) is 4.79 Å². The van der Waals surface area contributed by atoms with E-state index >= 15 is 0 Å². The van der Waals surface area contributed by atoms with Crippen LogP contribution in [0.3, 0.4) is 0 Å². The lowest BCUT2D eigenvalue weighted by Gasteiger charge is -2.32. The molecule has 186 valence electrons. The summed E-state index contributed by atoms with van der Waals surface area (Å²) in [5, 5.41) is 9.93. The number of amides is 1. The summed E-state index contributed by atoms with van der Waals surface area (Å²) in [4.78, 5) is 31.7. The second-order valence-electron chi connectivity index (χ2n) is 9.96. The lowest BCUT2D eigenvalue weighted by molar-refractivity contribution is -0.124. The van der Waals surface area contributed by atoms with Crippen LogP contribution in [0.25, 0.3) is 33.9 Å². The predicted molar refractivity (Wildman–Crippen MR) is 138 cm³/mol. The van der Waals surface area contributed by atoms with Crippen molar-refractivity contribution in [1.29, 1.82) is 0 Å². The van der Waals surface area contributed by atoms with E-state index < -0.39 is 5.97 Å². The Morgan fingerprint density at radius 2 is 1.64 bits per heavy atom. The smallest absolute Gasteiger partial charge is 0.341 e. The van der Waals surface area contributed by atoms with Gasteiger partial charge in [0, 0.05) is 29.2 Å². The zero-order chi connectivity index (χ0) is 25.4. The number of benzene rings is 2. The van der Waals surface area contributed by atoms with E-state index in [1.165, 1.54) is 11.0 Å². The highest BCUT2D eigenvalue weighted by atomic mass is 16.4. The molecule has 7 nitrogen and oxygen atoms in total. The SMILES string of the molecule is CC1CCC(C(=O)N(c2oc(-c3ccc(-c4nc5ccccc5o4)cc3)cc2C(=O)O)C(C)C)CC1. The molecule has 1 aliphatic rings. The third-order valence-electron chi connectivity index (χ3n) is 6.99. The molecule has 0 saturated heterocycles. The van der Waals surface area contributed by atoms with Crippen LogP contribution in [0.4, 0.5) is 5.88 Å². The number of carboxylic acids is 1. The van der Waals surface area contributed by atoms with Crippen LogP contribution in [0.5, 0.6) is 0 Å². The van der Waals surface area contributed by atoms with Crippen molar-refractivity contribution in [3.8, 4) is 22.8 Å². The summed E-state index contributed by atoms with van der Waals surface area (Å²) in [5.41, 5.74) is 2.98. The van der Waals surface area contributed by atoms with E-state index in [1.807, 2.05) is 62.4 Å². The Labute approximate surface area is 209 Å². The van der Waals surface area contributed by atoms with Gasteiger partial charge in [0.2, 0.25) is 17.7 Å². The maximum absolute atomic E-state index is 13.5. The first-order chi connectivity index (χ1) is 17.3. The van der Waals surface area contributed by atoms with E-state index in [0.717, 1.165) is 36.8 Å². The molecule has 0 atom stereocenters. The van der Waals surface area contributed by atoms with E-state index in [0.29, 0.717) is 28.7 Å². The van der Waals surface area contributed by atoms with Crippen LogP contribution < -0.4 is 4.90 Å². The molecule has 0 aliphatic heterocycles. The van der Waals surface area contributed by atoms with Gasteiger partial charge in [-0.15, -0.1) is 0 Å². The maximum Gasteiger partial charge on any atom is 0.341 e. The molecule has 1 amide bonds. The summed E-state index contributed by atoms with van der Waals surface area (Å²) in [6, 6.07) is 16.2. The normalized spacial score (nSPS) is 18.0. The van der Waals surface area contributed by atoms with Gasteiger partial charge in [-0.25, -0.2) is 9.78 Å². The second kappa shape index (κ2) is 9.64. The van der Waals surface area contributed by atoms with Gasteiger partial charge in [0.05, 0.1) is 0 Å². The monoisotopic (exact) mass is 486 g/mol. The number of oxazole rings is 1. The van der Waals surface area contributed by atoms with Gasteiger partial charge in [-0.1, -0.05) is 31.2 Å². The number of anilines is 1. The molecule has 2 aromatic heterocycles. The molecule has 7 heteroatoms. The van der Waals surface area contributed by atoms with Gasteiger partial charge < -0.3 is 13.9 Å². The van der Waals surface area contributed by atoms with Crippen molar-refractivity contribution >= 4 is 28.9 Å². The van der Waals surface area contributed by atoms with Crippen molar-refractivity contribution < 1.29 is 23.5 Å². The Morgan fingerprint density at radius 3 is 2.28 bits per heavy atom. The number of rotatable bonds is 6. The van der Waals surface area contributed by atoms with Gasteiger partial charge >= 0.3 is 5.97 Å². The molecular formula is C29H30N2O5. The first-order valence-corrected chi connectivity index (χ1v) is 12.5. The van der Waals surface area contributed by atoms with Crippen LogP contribution >= 0.6 is 0 Å². The lowest BCUT2D eigenvalue weighted by atomic mass is 9.82. The number of para-hydroxylation sites is 2. The summed E-state index contributed by atoms with van der Waals surface area (Å²) in [5.74, 6) is 0.303. The number of carbonyl (C=O) groups excluding carboxylic acids is 1. The number of aromatic nitrogens is 1. The lowest BCUT2D eigenvalue weighted by Crippen LogP contribution is -2.42. The minimum Gasteiger partial charge on any atom is -0.477 e. The third-order valence-corrected chi connectivity index (χ3v) is 6.99. The van der Waals surface area contributed by atoms with Crippen LogP contribution in [0.2, 0.25) is 0 Å². The van der Waals surface area contributed by atoms with E-state index in [-0.39, 0.29) is 29.3 Å². The molecule has 1 saturated carbocycles. The third kappa shape index (κ3) is 4.53. The Bertz CT molecular complexity index is 1360. The summed E-state index contributed by atoms with van der Waals surface area (Å²) in [7, 11) is 0. The standard InChI is InChI=1S/C29H30N2O5/c1-17(2)31(27(32)21-10-8-18(3)9-11-21)28-22(29(33)34)16-25(36-28)19-12-14-20(15-13-19)26-30-23-6-4-5-7-24(23)35-26/h4-7,12-18,21H,8-11H2,1-3H3,(H,33,34). The minimum absolute atomic E-state index is 0.0146. The number of fused-ring (bicyclic) bond motifs is 1. The Morgan fingerprint density at radius 1 is 0.972 bits per heavy atom. The largest absolute Gasteiger partial charge is 0.477 e. The van der Waals surface area contributed by atoms with Gasteiger partial charge in [-0.3, -0.25) is 9.69 Å². The average Bonchev–Trinajstić information content (AvgIpc) is 3.49. The fraction of sp³-hybridized carbons (Fsp3) is 0.345. The zero-order valence-electron chi connectivity index (χ0n) is 20.7. The summed E-state index contributed by atoms with van der Waals surface area (Å²) in [6.45, 7) is 5.97. The Kier molecular flexibility index (Phi) is 6.39. The van der Waals surface area contributed by atoms with Gasteiger partial charge in [0.1, 0.15) is 16.8 Å². The molecule has 1 N–H and O–H groups in total.